The van der Waals surface area contributed by atoms with Crippen molar-refractivity contribution in [2.24, 2.45) is 5.41 Å². The molecule has 1 unspecified atom stereocenters. The van der Waals surface area contributed by atoms with Crippen LogP contribution in [0.25, 0.3) is 0 Å². The third kappa shape index (κ3) is 1.95. The predicted octanol–water partition coefficient (Wildman–Crippen LogP) is 5.23. The number of hydrogen-bond donors (Lipinski definition) is 0. The maximum absolute atomic E-state index is 5.98. The van der Waals surface area contributed by atoms with Crippen molar-refractivity contribution in [3.8, 4) is 0 Å². The van der Waals surface area contributed by atoms with Gasteiger partial charge in [-0.2, -0.15) is 0 Å². The number of alkyl halides is 1. The monoisotopic (exact) mass is 292 g/mol. The van der Waals surface area contributed by atoms with Crippen LogP contribution in [-0.2, 0) is 0 Å². The van der Waals surface area contributed by atoms with Gasteiger partial charge in [0.25, 0.3) is 0 Å². The van der Waals surface area contributed by atoms with E-state index in [1.807, 2.05) is 18.2 Å². The van der Waals surface area contributed by atoms with Crippen LogP contribution >= 0.6 is 39.1 Å². The smallest absolute Gasteiger partial charge is 0.0595 e. The molecule has 0 aliphatic heterocycles. The quantitative estimate of drug-likeness (QED) is 0.655. The standard InChI is InChI=1S/C11H11BrCl2/c1-11(4-5-11)10(12)7-2-3-8(13)9(14)6-7/h2-3,6,10H,4-5H2,1H3. The van der Waals surface area contributed by atoms with Gasteiger partial charge in [-0.1, -0.05) is 52.1 Å². The van der Waals surface area contributed by atoms with E-state index in [1.54, 1.807) is 0 Å². The summed E-state index contributed by atoms with van der Waals surface area (Å²) in [5.41, 5.74) is 1.64. The summed E-state index contributed by atoms with van der Waals surface area (Å²) in [6, 6.07) is 5.85. The first-order valence-corrected chi connectivity index (χ1v) is 6.29. The molecule has 0 radical (unpaired) electrons. The Bertz CT molecular complexity index is 358. The van der Waals surface area contributed by atoms with E-state index in [0.29, 0.717) is 20.3 Å². The molecule has 2 rings (SSSR count). The van der Waals surface area contributed by atoms with Crippen molar-refractivity contribution in [2.75, 3.05) is 0 Å². The molecule has 76 valence electrons. The molecule has 1 aromatic rings. The average Bonchev–Trinajstić information content (AvgIpc) is 2.89. The Labute approximate surface area is 103 Å². The second kappa shape index (κ2) is 3.70. The summed E-state index contributed by atoms with van der Waals surface area (Å²) >= 11 is 15.6. The van der Waals surface area contributed by atoms with Crippen LogP contribution in [0.1, 0.15) is 30.2 Å². The largest absolute Gasteiger partial charge is 0.0833 e. The van der Waals surface area contributed by atoms with E-state index >= 15 is 0 Å². The molecule has 14 heavy (non-hydrogen) atoms. The van der Waals surface area contributed by atoms with Crippen LogP contribution in [0.15, 0.2) is 18.2 Å². The molecule has 1 aliphatic carbocycles. The summed E-state index contributed by atoms with van der Waals surface area (Å²) in [7, 11) is 0. The van der Waals surface area contributed by atoms with Crippen LogP contribution in [0.2, 0.25) is 10.0 Å². The topological polar surface area (TPSA) is 0 Å². The van der Waals surface area contributed by atoms with Gasteiger partial charge in [-0.15, -0.1) is 0 Å². The Kier molecular flexibility index (Phi) is 2.85. The first-order chi connectivity index (χ1) is 6.53. The number of hydrogen-bond acceptors (Lipinski definition) is 0. The van der Waals surface area contributed by atoms with Gasteiger partial charge in [0.1, 0.15) is 0 Å². The maximum Gasteiger partial charge on any atom is 0.0595 e. The molecule has 0 heterocycles. The second-order valence-electron chi connectivity index (χ2n) is 4.19. The zero-order valence-electron chi connectivity index (χ0n) is 7.86. The molecule has 1 fully saturated rings. The van der Waals surface area contributed by atoms with Gasteiger partial charge in [0.05, 0.1) is 10.0 Å². The first-order valence-electron chi connectivity index (χ1n) is 4.62. The molecule has 1 saturated carbocycles. The van der Waals surface area contributed by atoms with Crippen LogP contribution in [0, 0.1) is 5.41 Å². The highest BCUT2D eigenvalue weighted by atomic mass is 79.9. The summed E-state index contributed by atoms with van der Waals surface area (Å²) in [5.74, 6) is 0. The minimum Gasteiger partial charge on any atom is -0.0833 e. The summed E-state index contributed by atoms with van der Waals surface area (Å²) < 4.78 is 0. The van der Waals surface area contributed by atoms with Crippen molar-refractivity contribution < 1.29 is 0 Å². The fourth-order valence-electron chi connectivity index (χ4n) is 1.52. The molecule has 0 nitrogen and oxygen atoms in total. The van der Waals surface area contributed by atoms with Crippen LogP contribution in [-0.4, -0.2) is 0 Å². The van der Waals surface area contributed by atoms with Gasteiger partial charge in [0.15, 0.2) is 0 Å². The van der Waals surface area contributed by atoms with E-state index in [9.17, 15) is 0 Å². The van der Waals surface area contributed by atoms with Crippen molar-refractivity contribution >= 4 is 39.1 Å². The van der Waals surface area contributed by atoms with Crippen LogP contribution in [0.4, 0.5) is 0 Å². The van der Waals surface area contributed by atoms with Crippen molar-refractivity contribution in [1.82, 2.24) is 0 Å². The van der Waals surface area contributed by atoms with Gasteiger partial charge in [-0.05, 0) is 36.0 Å². The molecule has 0 aromatic heterocycles. The number of benzene rings is 1. The highest BCUT2D eigenvalue weighted by molar-refractivity contribution is 9.09. The zero-order chi connectivity index (χ0) is 10.3. The molecule has 1 atom stereocenters. The van der Waals surface area contributed by atoms with Gasteiger partial charge < -0.3 is 0 Å². The fourth-order valence-corrected chi connectivity index (χ4v) is 2.57. The molecule has 1 aliphatic rings. The molecule has 3 heteroatoms. The lowest BCUT2D eigenvalue weighted by Gasteiger charge is -2.17. The second-order valence-corrected chi connectivity index (χ2v) is 5.92. The van der Waals surface area contributed by atoms with Crippen LogP contribution < -0.4 is 0 Å². The molecular weight excluding hydrogens is 283 g/mol. The molecule has 0 amide bonds. The van der Waals surface area contributed by atoms with Gasteiger partial charge >= 0.3 is 0 Å². The average molecular weight is 294 g/mol. The Morgan fingerprint density at radius 2 is 1.93 bits per heavy atom. The molecule has 0 saturated heterocycles. The predicted molar refractivity (Wildman–Crippen MR) is 65.5 cm³/mol. The van der Waals surface area contributed by atoms with Crippen molar-refractivity contribution in [1.29, 1.82) is 0 Å². The highest BCUT2D eigenvalue weighted by Crippen LogP contribution is 2.58. The Morgan fingerprint density at radius 1 is 1.29 bits per heavy atom. The van der Waals surface area contributed by atoms with E-state index in [1.165, 1.54) is 18.4 Å². The van der Waals surface area contributed by atoms with Crippen molar-refractivity contribution in [2.45, 2.75) is 24.6 Å². The summed E-state index contributed by atoms with van der Waals surface area (Å²) in [6.45, 7) is 2.29. The van der Waals surface area contributed by atoms with Gasteiger partial charge in [0, 0.05) is 4.83 Å². The molecule has 0 N–H and O–H groups in total. The third-order valence-electron chi connectivity index (χ3n) is 2.89. The Balaban J connectivity index is 2.28. The SMILES string of the molecule is CC1(C(Br)c2ccc(Cl)c(Cl)c2)CC1. The van der Waals surface area contributed by atoms with Gasteiger partial charge in [-0.3, -0.25) is 0 Å². The number of rotatable bonds is 2. The van der Waals surface area contributed by atoms with Gasteiger partial charge in [-0.25, -0.2) is 0 Å². The highest BCUT2D eigenvalue weighted by Gasteiger charge is 2.44. The lowest BCUT2D eigenvalue weighted by Crippen LogP contribution is -2.03. The Hall–Kier alpha value is 0.280. The van der Waals surface area contributed by atoms with E-state index in [2.05, 4.69) is 22.9 Å². The van der Waals surface area contributed by atoms with Gasteiger partial charge in [0.2, 0.25) is 0 Å². The minimum absolute atomic E-state index is 0.393. The van der Waals surface area contributed by atoms with E-state index in [4.69, 9.17) is 23.2 Å². The fraction of sp³-hybridized carbons (Fsp3) is 0.455. The number of halogens is 3. The van der Waals surface area contributed by atoms with Crippen molar-refractivity contribution in [3.63, 3.8) is 0 Å². The van der Waals surface area contributed by atoms with Crippen LogP contribution in [0.3, 0.4) is 0 Å². The third-order valence-corrected chi connectivity index (χ3v) is 5.26. The lowest BCUT2D eigenvalue weighted by molar-refractivity contribution is 0.565. The Morgan fingerprint density at radius 3 is 2.43 bits per heavy atom. The molecule has 1 aromatic carbocycles. The van der Waals surface area contributed by atoms with Crippen LogP contribution in [0.5, 0.6) is 0 Å². The normalized spacial score (nSPS) is 20.6. The zero-order valence-corrected chi connectivity index (χ0v) is 11.0. The summed E-state index contributed by atoms with van der Waals surface area (Å²) in [5, 5.41) is 1.26. The first kappa shape index (κ1) is 10.8. The van der Waals surface area contributed by atoms with E-state index < -0.39 is 0 Å². The van der Waals surface area contributed by atoms with E-state index in [0.717, 1.165) is 0 Å². The maximum atomic E-state index is 5.98. The molecule has 0 spiro atoms. The molecular formula is C11H11BrCl2. The summed E-state index contributed by atoms with van der Waals surface area (Å²) in [4.78, 5) is 0.393. The summed E-state index contributed by atoms with van der Waals surface area (Å²) in [6.07, 6.45) is 2.56. The lowest BCUT2D eigenvalue weighted by atomic mass is 9.99. The van der Waals surface area contributed by atoms with Crippen molar-refractivity contribution in [3.05, 3.63) is 33.8 Å². The van der Waals surface area contributed by atoms with E-state index in [-0.39, 0.29) is 0 Å². The molecule has 0 bridgehead atoms. The minimum atomic E-state index is 0.393.